The first kappa shape index (κ1) is 15.8. The van der Waals surface area contributed by atoms with E-state index in [2.05, 4.69) is 0 Å². The fourth-order valence-corrected chi connectivity index (χ4v) is 3.28. The number of hydrogen-bond donors (Lipinski definition) is 0. The molecule has 0 radical (unpaired) electrons. The van der Waals surface area contributed by atoms with Gasteiger partial charge in [-0.25, -0.2) is 0 Å². The summed E-state index contributed by atoms with van der Waals surface area (Å²) >= 11 is 1.46. The van der Waals surface area contributed by atoms with E-state index < -0.39 is 0 Å². The second-order valence-corrected chi connectivity index (χ2v) is 6.47. The first-order chi connectivity index (χ1) is 10.0. The van der Waals surface area contributed by atoms with E-state index in [1.54, 1.807) is 0 Å². The number of aryl methyl sites for hydroxylation is 2. The van der Waals surface area contributed by atoms with E-state index in [4.69, 9.17) is 0 Å². The smallest absolute Gasteiger partial charge is 0.267 e. The summed E-state index contributed by atoms with van der Waals surface area (Å²) in [6, 6.07) is 5.95. The van der Waals surface area contributed by atoms with Gasteiger partial charge in [0.05, 0.1) is 10.5 Å². The van der Waals surface area contributed by atoms with Gasteiger partial charge in [0, 0.05) is 6.54 Å². The summed E-state index contributed by atoms with van der Waals surface area (Å²) in [7, 11) is 0. The maximum atomic E-state index is 12.6. The van der Waals surface area contributed by atoms with Gasteiger partial charge in [-0.3, -0.25) is 14.5 Å². The molecule has 1 aliphatic heterocycles. The highest BCUT2D eigenvalue weighted by Gasteiger charge is 2.38. The molecule has 0 unspecified atom stereocenters. The van der Waals surface area contributed by atoms with E-state index in [-0.39, 0.29) is 11.8 Å². The Morgan fingerprint density at radius 3 is 2.33 bits per heavy atom. The van der Waals surface area contributed by atoms with Gasteiger partial charge in [0.2, 0.25) is 0 Å². The van der Waals surface area contributed by atoms with Crippen molar-refractivity contribution in [3.8, 4) is 0 Å². The zero-order valence-corrected chi connectivity index (χ0v) is 13.8. The zero-order chi connectivity index (χ0) is 15.6. The summed E-state index contributed by atoms with van der Waals surface area (Å²) in [6.07, 6.45) is 0.780. The minimum Gasteiger partial charge on any atom is -0.274 e. The van der Waals surface area contributed by atoms with Gasteiger partial charge in [-0.2, -0.15) is 0 Å². The number of nitrogens with zero attached hydrogens (tertiary/aromatic N) is 1. The Morgan fingerprint density at radius 1 is 1.05 bits per heavy atom. The summed E-state index contributed by atoms with van der Waals surface area (Å²) in [6.45, 7) is 8.52. The average molecular weight is 303 g/mol. The van der Waals surface area contributed by atoms with Crippen LogP contribution >= 0.6 is 11.8 Å². The lowest BCUT2D eigenvalue weighted by Crippen LogP contribution is -2.32. The molecule has 0 fully saturated rings. The van der Waals surface area contributed by atoms with Crippen LogP contribution in [0.25, 0.3) is 5.57 Å². The Kier molecular flexibility index (Phi) is 4.88. The van der Waals surface area contributed by atoms with Crippen molar-refractivity contribution >= 4 is 29.1 Å². The summed E-state index contributed by atoms with van der Waals surface area (Å²) in [5.41, 5.74) is 3.75. The largest absolute Gasteiger partial charge is 0.274 e. The molecule has 0 N–H and O–H groups in total. The van der Waals surface area contributed by atoms with Gasteiger partial charge in [0.15, 0.2) is 0 Å². The number of hydrogen-bond acceptors (Lipinski definition) is 3. The SMILES string of the molecule is CCCN1C(=O)C(SCC)=C(c2ccc(C)c(C)c2)C1=O. The van der Waals surface area contributed by atoms with Crippen LogP contribution in [-0.2, 0) is 9.59 Å². The van der Waals surface area contributed by atoms with Gasteiger partial charge < -0.3 is 0 Å². The van der Waals surface area contributed by atoms with Gasteiger partial charge in [-0.15, -0.1) is 11.8 Å². The average Bonchev–Trinajstić information content (AvgIpc) is 2.68. The minimum absolute atomic E-state index is 0.137. The lowest BCUT2D eigenvalue weighted by atomic mass is 10.0. The fraction of sp³-hybridized carbons (Fsp3) is 0.412. The molecule has 0 bridgehead atoms. The number of imide groups is 1. The van der Waals surface area contributed by atoms with Crippen molar-refractivity contribution in [3.05, 3.63) is 39.8 Å². The lowest BCUT2D eigenvalue weighted by molar-refractivity contribution is -0.136. The number of amides is 2. The normalized spacial score (nSPS) is 15.3. The van der Waals surface area contributed by atoms with E-state index in [0.717, 1.165) is 23.3 Å². The van der Waals surface area contributed by atoms with Crippen LogP contribution in [0.4, 0.5) is 0 Å². The third kappa shape index (κ3) is 2.91. The zero-order valence-electron chi connectivity index (χ0n) is 13.0. The summed E-state index contributed by atoms with van der Waals surface area (Å²) < 4.78 is 0. The molecule has 2 amide bonds. The molecule has 4 heteroatoms. The van der Waals surface area contributed by atoms with E-state index in [0.29, 0.717) is 17.0 Å². The molecular weight excluding hydrogens is 282 g/mol. The van der Waals surface area contributed by atoms with E-state index in [1.165, 1.54) is 22.2 Å². The highest BCUT2D eigenvalue weighted by Crippen LogP contribution is 2.36. The first-order valence-electron chi connectivity index (χ1n) is 7.32. The van der Waals surface area contributed by atoms with Crippen molar-refractivity contribution in [2.75, 3.05) is 12.3 Å². The van der Waals surface area contributed by atoms with Crippen LogP contribution in [0.15, 0.2) is 23.1 Å². The predicted octanol–water partition coefficient (Wildman–Crippen LogP) is 3.55. The van der Waals surface area contributed by atoms with E-state index in [1.807, 2.05) is 45.9 Å². The number of thioether (sulfide) groups is 1. The summed E-state index contributed by atoms with van der Waals surface area (Å²) in [5.74, 6) is 0.492. The Morgan fingerprint density at radius 2 is 1.76 bits per heavy atom. The van der Waals surface area contributed by atoms with E-state index in [9.17, 15) is 9.59 Å². The predicted molar refractivity (Wildman–Crippen MR) is 88.0 cm³/mol. The van der Waals surface area contributed by atoms with Gasteiger partial charge in [-0.1, -0.05) is 32.0 Å². The van der Waals surface area contributed by atoms with Crippen LogP contribution in [0.1, 0.15) is 37.0 Å². The molecule has 0 saturated heterocycles. The fourth-order valence-electron chi connectivity index (χ4n) is 2.41. The molecule has 1 heterocycles. The molecule has 1 aromatic carbocycles. The van der Waals surface area contributed by atoms with Crippen molar-refractivity contribution in [2.45, 2.75) is 34.1 Å². The molecule has 0 saturated carbocycles. The Labute approximate surface area is 130 Å². The molecule has 21 heavy (non-hydrogen) atoms. The third-order valence-corrected chi connectivity index (χ3v) is 4.61. The number of rotatable bonds is 5. The van der Waals surface area contributed by atoms with E-state index >= 15 is 0 Å². The standard InChI is InChI=1S/C17H21NO2S/c1-5-9-18-16(19)14(15(17(18)20)21-6-2)13-8-7-11(3)12(4)10-13/h7-8,10H,5-6,9H2,1-4H3. The Hall–Kier alpha value is -1.55. The van der Waals surface area contributed by atoms with Crippen molar-refractivity contribution in [1.29, 1.82) is 0 Å². The maximum absolute atomic E-state index is 12.6. The maximum Gasteiger partial charge on any atom is 0.267 e. The summed E-state index contributed by atoms with van der Waals surface area (Å²) in [4.78, 5) is 27.1. The molecule has 112 valence electrons. The van der Waals surface area contributed by atoms with Crippen LogP contribution < -0.4 is 0 Å². The van der Waals surface area contributed by atoms with Crippen LogP contribution in [-0.4, -0.2) is 29.0 Å². The molecule has 1 aromatic rings. The lowest BCUT2D eigenvalue weighted by Gasteiger charge is -2.13. The third-order valence-electron chi connectivity index (χ3n) is 3.66. The highest BCUT2D eigenvalue weighted by molar-refractivity contribution is 8.04. The highest BCUT2D eigenvalue weighted by atomic mass is 32.2. The Bertz CT molecular complexity index is 619. The second-order valence-electron chi connectivity index (χ2n) is 5.20. The second kappa shape index (κ2) is 6.48. The van der Waals surface area contributed by atoms with Gasteiger partial charge >= 0.3 is 0 Å². The molecule has 0 atom stereocenters. The first-order valence-corrected chi connectivity index (χ1v) is 8.30. The van der Waals surface area contributed by atoms with Gasteiger partial charge in [0.1, 0.15) is 0 Å². The van der Waals surface area contributed by atoms with Crippen molar-refractivity contribution in [2.24, 2.45) is 0 Å². The van der Waals surface area contributed by atoms with Crippen LogP contribution in [0, 0.1) is 13.8 Å². The molecule has 2 rings (SSSR count). The topological polar surface area (TPSA) is 37.4 Å². The van der Waals surface area contributed by atoms with Crippen molar-refractivity contribution in [3.63, 3.8) is 0 Å². The van der Waals surface area contributed by atoms with Crippen LogP contribution in [0.5, 0.6) is 0 Å². The quantitative estimate of drug-likeness (QED) is 0.781. The Balaban J connectivity index is 2.52. The molecule has 0 aromatic heterocycles. The number of carbonyl (C=O) groups excluding carboxylic acids is 2. The molecule has 0 spiro atoms. The van der Waals surface area contributed by atoms with Gasteiger partial charge in [0.25, 0.3) is 11.8 Å². The van der Waals surface area contributed by atoms with Crippen LogP contribution in [0.2, 0.25) is 0 Å². The van der Waals surface area contributed by atoms with Crippen LogP contribution in [0.3, 0.4) is 0 Å². The monoisotopic (exact) mass is 303 g/mol. The van der Waals surface area contributed by atoms with Crippen molar-refractivity contribution in [1.82, 2.24) is 4.90 Å². The number of benzene rings is 1. The molecule has 3 nitrogen and oxygen atoms in total. The minimum atomic E-state index is -0.152. The molecule has 1 aliphatic rings. The van der Waals surface area contributed by atoms with Gasteiger partial charge in [-0.05, 0) is 42.7 Å². The number of carbonyl (C=O) groups is 2. The van der Waals surface area contributed by atoms with Crippen molar-refractivity contribution < 1.29 is 9.59 Å². The molecular formula is C17H21NO2S. The summed E-state index contributed by atoms with van der Waals surface area (Å²) in [5, 5.41) is 0. The molecule has 0 aliphatic carbocycles.